The molecule has 8 nitrogen and oxygen atoms in total. The number of barbiturate groups is 1. The molecule has 1 saturated heterocycles. The van der Waals surface area contributed by atoms with Crippen LogP contribution in [0.1, 0.15) is 21.7 Å². The first-order valence-corrected chi connectivity index (χ1v) is 10.2. The van der Waals surface area contributed by atoms with Crippen molar-refractivity contribution in [1.82, 2.24) is 5.32 Å². The highest BCUT2D eigenvalue weighted by atomic mass is 79.9. The lowest BCUT2D eigenvalue weighted by Crippen LogP contribution is -2.54. The molecule has 4 rings (SSSR count). The van der Waals surface area contributed by atoms with E-state index in [0.29, 0.717) is 10.2 Å². The molecule has 0 spiro atoms. The summed E-state index contributed by atoms with van der Waals surface area (Å²) >= 11 is 3.32. The van der Waals surface area contributed by atoms with Gasteiger partial charge in [-0.15, -0.1) is 0 Å². The molecule has 0 radical (unpaired) electrons. The Hall–Kier alpha value is -3.98. The zero-order valence-electron chi connectivity index (χ0n) is 16.6. The van der Waals surface area contributed by atoms with E-state index < -0.39 is 23.8 Å². The van der Waals surface area contributed by atoms with Crippen molar-refractivity contribution in [3.63, 3.8) is 0 Å². The van der Waals surface area contributed by atoms with E-state index in [4.69, 9.17) is 9.15 Å². The maximum atomic E-state index is 13.1. The van der Waals surface area contributed by atoms with Crippen molar-refractivity contribution in [3.8, 4) is 5.75 Å². The molecule has 160 valence electrons. The normalized spacial score (nSPS) is 15.1. The van der Waals surface area contributed by atoms with Crippen LogP contribution < -0.4 is 15.0 Å². The van der Waals surface area contributed by atoms with Gasteiger partial charge in [0.2, 0.25) is 5.76 Å². The number of rotatable bonds is 4. The number of nitrogens with zero attached hydrogens (tertiary/aromatic N) is 1. The number of amides is 4. The number of hydrogen-bond donors (Lipinski definition) is 1. The minimum atomic E-state index is -0.854. The number of imide groups is 2. The Bertz CT molecular complexity index is 1280. The summed E-state index contributed by atoms with van der Waals surface area (Å²) in [5.74, 6) is -2.30. The number of aryl methyl sites for hydroxylation is 1. The average Bonchev–Trinajstić information content (AvgIpc) is 3.28. The van der Waals surface area contributed by atoms with E-state index >= 15 is 0 Å². The van der Waals surface area contributed by atoms with Crippen LogP contribution in [0, 0.1) is 6.92 Å². The summed E-state index contributed by atoms with van der Waals surface area (Å²) in [7, 11) is 0. The fraction of sp³-hybridized carbons (Fsp3) is 0.0435. The van der Waals surface area contributed by atoms with E-state index in [1.165, 1.54) is 24.5 Å². The van der Waals surface area contributed by atoms with E-state index in [-0.39, 0.29) is 22.6 Å². The number of furan rings is 1. The first-order chi connectivity index (χ1) is 15.3. The molecule has 0 aliphatic carbocycles. The van der Waals surface area contributed by atoms with Crippen molar-refractivity contribution in [2.75, 3.05) is 4.90 Å². The van der Waals surface area contributed by atoms with E-state index in [9.17, 15) is 19.2 Å². The first kappa shape index (κ1) is 21.3. The molecular weight excluding hydrogens is 480 g/mol. The summed E-state index contributed by atoms with van der Waals surface area (Å²) in [6.07, 6.45) is 2.60. The Kier molecular flexibility index (Phi) is 5.74. The molecule has 3 aromatic rings. The van der Waals surface area contributed by atoms with Crippen molar-refractivity contribution < 1.29 is 28.3 Å². The Morgan fingerprint density at radius 2 is 1.91 bits per heavy atom. The Morgan fingerprint density at radius 3 is 2.62 bits per heavy atom. The summed E-state index contributed by atoms with van der Waals surface area (Å²) in [5.41, 5.74) is 1.14. The standard InChI is InChI=1S/C23H15BrN2O6/c1-13-4-2-5-16(10-13)26-21(28)17(20(27)25-23(26)30)12-14-11-15(24)7-8-18(14)32-22(29)19-6-3-9-31-19/h2-12H,1H3,(H,25,27,30). The zero-order chi connectivity index (χ0) is 22.8. The molecule has 4 amide bonds. The lowest BCUT2D eigenvalue weighted by molar-refractivity contribution is -0.122. The molecule has 0 saturated carbocycles. The summed E-state index contributed by atoms with van der Waals surface area (Å²) < 4.78 is 11.0. The summed E-state index contributed by atoms with van der Waals surface area (Å²) in [6, 6.07) is 13.6. The number of carbonyl (C=O) groups excluding carboxylic acids is 4. The number of esters is 1. The van der Waals surface area contributed by atoms with Crippen molar-refractivity contribution >= 4 is 51.5 Å². The van der Waals surface area contributed by atoms with Gasteiger partial charge in [0.15, 0.2) is 0 Å². The fourth-order valence-corrected chi connectivity index (χ4v) is 3.46. The second-order valence-electron chi connectivity index (χ2n) is 6.85. The Labute approximate surface area is 190 Å². The molecular formula is C23H15BrN2O6. The van der Waals surface area contributed by atoms with Crippen LogP contribution in [0.5, 0.6) is 5.75 Å². The molecule has 0 atom stereocenters. The maximum Gasteiger partial charge on any atom is 0.379 e. The van der Waals surface area contributed by atoms with Gasteiger partial charge >= 0.3 is 12.0 Å². The van der Waals surface area contributed by atoms with Crippen LogP contribution in [0.4, 0.5) is 10.5 Å². The molecule has 2 aromatic carbocycles. The minimum Gasteiger partial charge on any atom is -0.457 e. The number of nitrogens with one attached hydrogen (secondary N) is 1. The number of anilines is 1. The minimum absolute atomic E-state index is 0.00535. The Morgan fingerprint density at radius 1 is 1.09 bits per heavy atom. The lowest BCUT2D eigenvalue weighted by Gasteiger charge is -2.26. The summed E-state index contributed by atoms with van der Waals surface area (Å²) in [6.45, 7) is 1.82. The monoisotopic (exact) mass is 494 g/mol. The predicted molar refractivity (Wildman–Crippen MR) is 118 cm³/mol. The van der Waals surface area contributed by atoms with Crippen LogP contribution >= 0.6 is 15.9 Å². The summed E-state index contributed by atoms with van der Waals surface area (Å²) in [5, 5.41) is 2.17. The van der Waals surface area contributed by atoms with E-state index in [0.717, 1.165) is 10.5 Å². The quantitative estimate of drug-likeness (QED) is 0.251. The fourth-order valence-electron chi connectivity index (χ4n) is 3.08. The first-order valence-electron chi connectivity index (χ1n) is 9.37. The number of urea groups is 1. The van der Waals surface area contributed by atoms with Gasteiger partial charge in [-0.1, -0.05) is 28.1 Å². The van der Waals surface area contributed by atoms with Gasteiger partial charge in [-0.3, -0.25) is 14.9 Å². The Balaban J connectivity index is 1.72. The van der Waals surface area contributed by atoms with Crippen LogP contribution in [-0.4, -0.2) is 23.8 Å². The molecule has 32 heavy (non-hydrogen) atoms. The van der Waals surface area contributed by atoms with Crippen LogP contribution in [0.2, 0.25) is 0 Å². The largest absolute Gasteiger partial charge is 0.457 e. The molecule has 1 aliphatic rings. The van der Waals surface area contributed by atoms with Crippen LogP contribution in [0.25, 0.3) is 6.08 Å². The number of carbonyl (C=O) groups is 4. The van der Waals surface area contributed by atoms with Crippen molar-refractivity contribution in [2.45, 2.75) is 6.92 Å². The highest BCUT2D eigenvalue weighted by molar-refractivity contribution is 9.10. The van der Waals surface area contributed by atoms with Gasteiger partial charge in [-0.2, -0.15) is 0 Å². The molecule has 1 aromatic heterocycles. The van der Waals surface area contributed by atoms with Gasteiger partial charge in [0.1, 0.15) is 11.3 Å². The second kappa shape index (κ2) is 8.64. The van der Waals surface area contributed by atoms with Crippen LogP contribution in [0.3, 0.4) is 0 Å². The van der Waals surface area contributed by atoms with E-state index in [1.807, 2.05) is 13.0 Å². The average molecular weight is 495 g/mol. The molecule has 0 unspecified atom stereocenters. The zero-order valence-corrected chi connectivity index (χ0v) is 18.2. The van der Waals surface area contributed by atoms with Gasteiger partial charge in [0.25, 0.3) is 11.8 Å². The van der Waals surface area contributed by atoms with Crippen LogP contribution in [0.15, 0.2) is 75.3 Å². The topological polar surface area (TPSA) is 106 Å². The van der Waals surface area contributed by atoms with E-state index in [2.05, 4.69) is 21.2 Å². The van der Waals surface area contributed by atoms with Gasteiger partial charge in [-0.25, -0.2) is 14.5 Å². The second-order valence-corrected chi connectivity index (χ2v) is 7.76. The molecule has 0 bridgehead atoms. The molecule has 1 aliphatic heterocycles. The van der Waals surface area contributed by atoms with Crippen LogP contribution in [-0.2, 0) is 9.59 Å². The molecule has 1 fully saturated rings. The third kappa shape index (κ3) is 4.23. The number of hydrogen-bond acceptors (Lipinski definition) is 6. The lowest BCUT2D eigenvalue weighted by atomic mass is 10.1. The third-order valence-corrected chi connectivity index (χ3v) is 5.05. The molecule has 2 heterocycles. The predicted octanol–water partition coefficient (Wildman–Crippen LogP) is 4.24. The SMILES string of the molecule is Cc1cccc(N2C(=O)NC(=O)C(=Cc3cc(Br)ccc3OC(=O)c3ccco3)C2=O)c1. The molecule has 1 N–H and O–H groups in total. The number of halogens is 1. The summed E-state index contributed by atoms with van der Waals surface area (Å²) in [4.78, 5) is 51.2. The number of benzene rings is 2. The third-order valence-electron chi connectivity index (χ3n) is 4.56. The smallest absolute Gasteiger partial charge is 0.379 e. The number of ether oxygens (including phenoxy) is 1. The van der Waals surface area contributed by atoms with Gasteiger partial charge in [0.05, 0.1) is 12.0 Å². The van der Waals surface area contributed by atoms with E-state index in [1.54, 1.807) is 36.4 Å². The van der Waals surface area contributed by atoms with Crippen molar-refractivity contribution in [3.05, 3.63) is 87.8 Å². The molecule has 9 heteroatoms. The van der Waals surface area contributed by atoms with Crippen molar-refractivity contribution in [1.29, 1.82) is 0 Å². The highest BCUT2D eigenvalue weighted by Crippen LogP contribution is 2.29. The van der Waals surface area contributed by atoms with Gasteiger partial charge < -0.3 is 9.15 Å². The maximum absolute atomic E-state index is 13.1. The van der Waals surface area contributed by atoms with Gasteiger partial charge in [0, 0.05) is 10.0 Å². The van der Waals surface area contributed by atoms with Gasteiger partial charge in [-0.05, 0) is 61.0 Å². The highest BCUT2D eigenvalue weighted by Gasteiger charge is 2.37. The van der Waals surface area contributed by atoms with Crippen molar-refractivity contribution in [2.24, 2.45) is 0 Å².